The molecule has 12 nitrogen and oxygen atoms in total. The molecule has 4 heterocycles. The SMILES string of the molecule is CCOc1cnc(/C(C#N)=C\N)c(-c2ccc(N3CCC(CN4CCN(C(=O)C5CC6(CC(C=O)C6)C5)CC4)(NC(=O)c4cc(F)ccc4F)CC3)nc2)c1. The van der Waals surface area contributed by atoms with Gasteiger partial charge in [0.05, 0.1) is 35.2 Å². The Morgan fingerprint density at radius 1 is 1.02 bits per heavy atom. The highest BCUT2D eigenvalue weighted by molar-refractivity contribution is 5.95. The molecule has 0 atom stereocenters. The van der Waals surface area contributed by atoms with Gasteiger partial charge in [-0.05, 0) is 87.3 Å². The molecule has 2 aromatic heterocycles. The van der Waals surface area contributed by atoms with Crippen LogP contribution < -0.4 is 20.7 Å². The summed E-state index contributed by atoms with van der Waals surface area (Å²) in [5.41, 5.74) is 6.84. The summed E-state index contributed by atoms with van der Waals surface area (Å²) in [4.78, 5) is 53.5. The van der Waals surface area contributed by atoms with Gasteiger partial charge >= 0.3 is 0 Å². The van der Waals surface area contributed by atoms with E-state index in [0.29, 0.717) is 82.3 Å². The summed E-state index contributed by atoms with van der Waals surface area (Å²) in [5.74, 6) is -0.531. The molecule has 288 valence electrons. The number of piperazine rings is 1. The van der Waals surface area contributed by atoms with Gasteiger partial charge in [-0.1, -0.05) is 0 Å². The minimum Gasteiger partial charge on any atom is -0.492 e. The zero-order valence-corrected chi connectivity index (χ0v) is 31.0. The summed E-state index contributed by atoms with van der Waals surface area (Å²) in [6, 6.07) is 10.6. The van der Waals surface area contributed by atoms with Crippen LogP contribution in [0.3, 0.4) is 0 Å². The van der Waals surface area contributed by atoms with Gasteiger partial charge in [0, 0.05) is 81.2 Å². The third-order valence-electron chi connectivity index (χ3n) is 11.9. The Bertz CT molecular complexity index is 1990. The average molecular weight is 753 g/mol. The maximum absolute atomic E-state index is 14.8. The van der Waals surface area contributed by atoms with Crippen molar-refractivity contribution in [1.82, 2.24) is 25.1 Å². The van der Waals surface area contributed by atoms with Crippen LogP contribution in [0.2, 0.25) is 0 Å². The van der Waals surface area contributed by atoms with E-state index in [1.165, 1.54) is 6.20 Å². The molecule has 2 saturated carbocycles. The summed E-state index contributed by atoms with van der Waals surface area (Å²) in [7, 11) is 0. The first-order valence-corrected chi connectivity index (χ1v) is 19.0. The van der Waals surface area contributed by atoms with Gasteiger partial charge in [0.1, 0.15) is 35.6 Å². The van der Waals surface area contributed by atoms with Crippen LogP contribution in [-0.2, 0) is 9.59 Å². The van der Waals surface area contributed by atoms with E-state index in [1.807, 2.05) is 24.0 Å². The number of ether oxygens (including phenoxy) is 1. The third-order valence-corrected chi connectivity index (χ3v) is 11.9. The van der Waals surface area contributed by atoms with Crippen molar-refractivity contribution < 1.29 is 27.9 Å². The molecule has 2 saturated heterocycles. The van der Waals surface area contributed by atoms with Gasteiger partial charge in [0.15, 0.2) is 0 Å². The predicted molar refractivity (Wildman–Crippen MR) is 201 cm³/mol. The molecular weight excluding hydrogens is 706 g/mol. The topological polar surface area (TPSA) is 158 Å². The normalized spacial score (nSPS) is 23.6. The molecule has 2 aliphatic carbocycles. The highest BCUT2D eigenvalue weighted by atomic mass is 19.1. The van der Waals surface area contributed by atoms with Gasteiger partial charge in [0.2, 0.25) is 5.91 Å². The smallest absolute Gasteiger partial charge is 0.254 e. The summed E-state index contributed by atoms with van der Waals surface area (Å²) in [6.45, 7) is 6.28. The lowest BCUT2D eigenvalue weighted by Gasteiger charge is -2.57. The van der Waals surface area contributed by atoms with Crippen LogP contribution in [0.4, 0.5) is 14.6 Å². The first-order valence-electron chi connectivity index (χ1n) is 19.0. The molecule has 4 aliphatic rings. The van der Waals surface area contributed by atoms with E-state index in [0.717, 1.165) is 61.5 Å². The van der Waals surface area contributed by atoms with Crippen LogP contribution in [0.5, 0.6) is 5.75 Å². The van der Waals surface area contributed by atoms with Gasteiger partial charge in [0.25, 0.3) is 5.91 Å². The molecule has 2 aliphatic heterocycles. The molecule has 1 aromatic carbocycles. The van der Waals surface area contributed by atoms with Crippen molar-refractivity contribution in [1.29, 1.82) is 5.26 Å². The zero-order chi connectivity index (χ0) is 38.7. The number of allylic oxidation sites excluding steroid dienone is 1. The Morgan fingerprint density at radius 3 is 2.40 bits per heavy atom. The summed E-state index contributed by atoms with van der Waals surface area (Å²) < 4.78 is 34.5. The van der Waals surface area contributed by atoms with Gasteiger partial charge in [-0.2, -0.15) is 5.26 Å². The third kappa shape index (κ3) is 7.89. The molecule has 0 unspecified atom stereocenters. The molecule has 0 radical (unpaired) electrons. The lowest BCUT2D eigenvalue weighted by Crippen LogP contribution is -2.63. The van der Waals surface area contributed by atoms with Crippen LogP contribution >= 0.6 is 0 Å². The lowest BCUT2D eigenvalue weighted by molar-refractivity contribution is -0.154. The lowest BCUT2D eigenvalue weighted by atomic mass is 9.48. The second-order valence-electron chi connectivity index (χ2n) is 15.5. The maximum Gasteiger partial charge on any atom is 0.254 e. The number of piperidine rings is 1. The standard InChI is InChI=1S/C41H46F2N8O4/c1-2-55-32-16-33(37(47-24-32)30(21-44)22-45)28-3-6-36(46-23-28)50-9-7-41(8-10-50,48-38(53)34-15-31(42)4-5-35(34)43)26-49-11-13-51(14-12-49)39(54)29-19-40(20-29)17-27(18-40)25-52/h3-6,15-16,21,23-25,27,29H,2,7-14,17-20,26,44H2,1H3,(H,48,53)/b30-21-. The fourth-order valence-electron chi connectivity index (χ4n) is 8.95. The van der Waals surface area contributed by atoms with E-state index in [2.05, 4.69) is 26.2 Å². The Morgan fingerprint density at radius 2 is 1.76 bits per heavy atom. The van der Waals surface area contributed by atoms with E-state index in [-0.39, 0.29) is 34.3 Å². The first-order chi connectivity index (χ1) is 26.6. The highest BCUT2D eigenvalue weighted by Crippen LogP contribution is 2.61. The number of anilines is 1. The molecule has 0 bridgehead atoms. The Kier molecular flexibility index (Phi) is 10.8. The van der Waals surface area contributed by atoms with Crippen LogP contribution in [-0.4, -0.2) is 95.8 Å². The minimum atomic E-state index is -0.793. The fraction of sp³-hybridized carbons (Fsp3) is 0.463. The molecule has 4 fully saturated rings. The number of aldehydes is 1. The van der Waals surface area contributed by atoms with Crippen LogP contribution in [0.15, 0.2) is 55.0 Å². The van der Waals surface area contributed by atoms with Crippen molar-refractivity contribution in [3.63, 3.8) is 0 Å². The second kappa shape index (κ2) is 15.7. The van der Waals surface area contributed by atoms with E-state index in [9.17, 15) is 28.4 Å². The minimum absolute atomic E-state index is 0.0229. The number of nitrogens with one attached hydrogen (secondary N) is 1. The van der Waals surface area contributed by atoms with Crippen LogP contribution in [0, 0.1) is 40.2 Å². The van der Waals surface area contributed by atoms with Crippen LogP contribution in [0.25, 0.3) is 16.7 Å². The monoisotopic (exact) mass is 752 g/mol. The number of hydrogen-bond acceptors (Lipinski definition) is 10. The van der Waals surface area contributed by atoms with Gasteiger partial charge in [-0.3, -0.25) is 19.5 Å². The molecule has 55 heavy (non-hydrogen) atoms. The van der Waals surface area contributed by atoms with Crippen molar-refractivity contribution in [3.8, 4) is 22.9 Å². The molecule has 3 aromatic rings. The number of carbonyl (C=O) groups is 3. The van der Waals surface area contributed by atoms with Gasteiger partial charge in [-0.15, -0.1) is 0 Å². The zero-order valence-electron chi connectivity index (χ0n) is 31.0. The largest absolute Gasteiger partial charge is 0.492 e. The summed E-state index contributed by atoms with van der Waals surface area (Å²) >= 11 is 0. The maximum atomic E-state index is 14.8. The summed E-state index contributed by atoms with van der Waals surface area (Å²) in [5, 5.41) is 12.8. The number of nitrogens with two attached hydrogens (primary N) is 1. The number of pyridine rings is 2. The number of rotatable bonds is 11. The fourth-order valence-corrected chi connectivity index (χ4v) is 8.95. The number of halogens is 2. The van der Waals surface area contributed by atoms with Crippen molar-refractivity contribution in [2.75, 3.05) is 57.3 Å². The number of nitrogens with zero attached hydrogens (tertiary/aromatic N) is 6. The Balaban J connectivity index is 1.03. The van der Waals surface area contributed by atoms with Crippen molar-refractivity contribution >= 4 is 29.5 Å². The van der Waals surface area contributed by atoms with Crippen molar-refractivity contribution in [2.24, 2.45) is 23.0 Å². The molecule has 2 amide bonds. The van der Waals surface area contributed by atoms with Crippen LogP contribution in [0.1, 0.15) is 61.5 Å². The molecule has 14 heteroatoms. The van der Waals surface area contributed by atoms with E-state index in [1.54, 1.807) is 18.5 Å². The number of amides is 2. The molecule has 3 N–H and O–H groups in total. The average Bonchev–Trinajstić information content (AvgIpc) is 3.16. The predicted octanol–water partition coefficient (Wildman–Crippen LogP) is 4.56. The Labute approximate surface area is 319 Å². The molecule has 7 rings (SSSR count). The highest BCUT2D eigenvalue weighted by Gasteiger charge is 2.55. The second-order valence-corrected chi connectivity index (χ2v) is 15.5. The van der Waals surface area contributed by atoms with Gasteiger partial charge in [-0.25, -0.2) is 13.8 Å². The number of hydrogen-bond donors (Lipinski definition) is 2. The van der Waals surface area contributed by atoms with Crippen molar-refractivity contribution in [2.45, 2.75) is 51.0 Å². The summed E-state index contributed by atoms with van der Waals surface area (Å²) in [6.07, 6.45) is 10.1. The first kappa shape index (κ1) is 37.9. The number of nitriles is 1. The number of aromatic nitrogens is 2. The van der Waals surface area contributed by atoms with E-state index >= 15 is 0 Å². The molecular formula is C41H46F2N8O4. The number of carbonyl (C=O) groups excluding carboxylic acids is 3. The Hall–Kier alpha value is -5.42. The molecule has 1 spiro atoms. The quantitative estimate of drug-likeness (QED) is 0.210. The number of benzene rings is 1. The van der Waals surface area contributed by atoms with E-state index in [4.69, 9.17) is 15.5 Å². The van der Waals surface area contributed by atoms with Gasteiger partial charge < -0.3 is 30.4 Å². The van der Waals surface area contributed by atoms with Crippen molar-refractivity contribution in [3.05, 3.63) is 77.9 Å². The van der Waals surface area contributed by atoms with E-state index < -0.39 is 23.1 Å².